The number of benzene rings is 1. The Kier molecular flexibility index (Phi) is 4.54. The zero-order chi connectivity index (χ0) is 11.5. The van der Waals surface area contributed by atoms with Crippen molar-refractivity contribution >= 4 is 37.6 Å². The highest BCUT2D eigenvalue weighted by Gasteiger charge is 2.13. The van der Waals surface area contributed by atoms with E-state index in [1.165, 1.54) is 12.1 Å². The summed E-state index contributed by atoms with van der Waals surface area (Å²) in [7, 11) is -3.50. The van der Waals surface area contributed by atoms with E-state index < -0.39 is 10.0 Å². The fourth-order valence-electron chi connectivity index (χ4n) is 0.921. The molecule has 0 saturated heterocycles. The zero-order valence-corrected chi connectivity index (χ0v) is 10.9. The average Bonchev–Trinajstić information content (AvgIpc) is 2.19. The van der Waals surface area contributed by atoms with Crippen LogP contribution >= 0.6 is 27.5 Å². The van der Waals surface area contributed by atoms with Gasteiger partial charge in [0.15, 0.2) is 0 Å². The highest BCUT2D eigenvalue weighted by molar-refractivity contribution is 9.10. The Morgan fingerprint density at radius 2 is 2.13 bits per heavy atom. The van der Waals surface area contributed by atoms with Gasteiger partial charge in [-0.3, -0.25) is 0 Å². The minimum absolute atomic E-state index is 0.129. The van der Waals surface area contributed by atoms with Gasteiger partial charge in [-0.15, -0.1) is 0 Å². The lowest BCUT2D eigenvalue weighted by molar-refractivity contribution is 0.582. The Hall–Kier alpha value is -0.140. The van der Waals surface area contributed by atoms with Crippen LogP contribution in [0, 0.1) is 0 Å². The van der Waals surface area contributed by atoms with Crippen molar-refractivity contribution in [2.24, 2.45) is 5.73 Å². The molecule has 1 aromatic carbocycles. The zero-order valence-electron chi connectivity index (χ0n) is 7.70. The lowest BCUT2D eigenvalue weighted by atomic mass is 10.4. The smallest absolute Gasteiger partial charge is 0.240 e. The number of hydrogen-bond acceptors (Lipinski definition) is 3. The number of nitrogens with one attached hydrogen (secondary N) is 1. The monoisotopic (exact) mass is 312 g/mol. The van der Waals surface area contributed by atoms with Crippen molar-refractivity contribution in [3.8, 4) is 0 Å². The molecule has 0 heterocycles. The van der Waals surface area contributed by atoms with Crippen LogP contribution in [-0.4, -0.2) is 21.5 Å². The van der Waals surface area contributed by atoms with Crippen molar-refractivity contribution in [2.45, 2.75) is 4.90 Å². The van der Waals surface area contributed by atoms with Crippen LogP contribution in [0.4, 0.5) is 0 Å². The van der Waals surface area contributed by atoms with Crippen LogP contribution in [0.3, 0.4) is 0 Å². The Bertz CT molecular complexity index is 450. The maximum Gasteiger partial charge on any atom is 0.240 e. The summed E-state index contributed by atoms with van der Waals surface area (Å²) in [5.74, 6) is 0. The normalized spacial score (nSPS) is 11.7. The molecule has 4 nitrogen and oxygen atoms in total. The van der Waals surface area contributed by atoms with Gasteiger partial charge in [0.05, 0.1) is 9.92 Å². The average molecular weight is 314 g/mol. The number of nitrogens with two attached hydrogens (primary N) is 1. The van der Waals surface area contributed by atoms with Gasteiger partial charge in [0.2, 0.25) is 10.0 Å². The van der Waals surface area contributed by atoms with Crippen LogP contribution in [0.1, 0.15) is 0 Å². The molecule has 0 amide bonds. The second kappa shape index (κ2) is 5.27. The van der Waals surface area contributed by atoms with E-state index >= 15 is 0 Å². The molecule has 84 valence electrons. The number of sulfonamides is 1. The topological polar surface area (TPSA) is 72.2 Å². The van der Waals surface area contributed by atoms with Gasteiger partial charge in [-0.25, -0.2) is 13.1 Å². The van der Waals surface area contributed by atoms with Gasteiger partial charge in [-0.05, 0) is 34.1 Å². The lowest BCUT2D eigenvalue weighted by Gasteiger charge is -2.06. The summed E-state index contributed by atoms with van der Waals surface area (Å²) in [5.41, 5.74) is 5.21. The maximum absolute atomic E-state index is 11.6. The van der Waals surface area contributed by atoms with E-state index in [9.17, 15) is 8.42 Å². The maximum atomic E-state index is 11.6. The summed E-state index contributed by atoms with van der Waals surface area (Å²) in [4.78, 5) is 0.129. The third-order valence-corrected chi connectivity index (χ3v) is 4.33. The summed E-state index contributed by atoms with van der Waals surface area (Å²) >= 11 is 8.97. The van der Waals surface area contributed by atoms with Gasteiger partial charge in [-0.2, -0.15) is 0 Å². The first-order valence-electron chi connectivity index (χ1n) is 4.12. The molecule has 0 aliphatic carbocycles. The van der Waals surface area contributed by atoms with Crippen LogP contribution in [-0.2, 0) is 10.0 Å². The second-order valence-electron chi connectivity index (χ2n) is 2.76. The molecule has 0 bridgehead atoms. The van der Waals surface area contributed by atoms with Crippen molar-refractivity contribution in [1.82, 2.24) is 4.72 Å². The number of halogens is 2. The molecular formula is C8H10BrClN2O2S. The Labute approximate surface area is 102 Å². The Morgan fingerprint density at radius 3 is 2.67 bits per heavy atom. The van der Waals surface area contributed by atoms with Crippen LogP contribution in [0.2, 0.25) is 5.02 Å². The van der Waals surface area contributed by atoms with Crippen molar-refractivity contribution in [3.05, 3.63) is 27.7 Å². The fourth-order valence-corrected chi connectivity index (χ4v) is 2.49. The predicted molar refractivity (Wildman–Crippen MR) is 63.4 cm³/mol. The molecule has 0 spiro atoms. The van der Waals surface area contributed by atoms with E-state index in [0.717, 1.165) is 0 Å². The lowest BCUT2D eigenvalue weighted by Crippen LogP contribution is -2.29. The van der Waals surface area contributed by atoms with Crippen molar-refractivity contribution in [1.29, 1.82) is 0 Å². The first-order valence-corrected chi connectivity index (χ1v) is 6.77. The predicted octanol–water partition coefficient (Wildman–Crippen LogP) is 1.34. The van der Waals surface area contributed by atoms with Gasteiger partial charge in [0.25, 0.3) is 0 Å². The van der Waals surface area contributed by atoms with E-state index in [4.69, 9.17) is 17.3 Å². The quantitative estimate of drug-likeness (QED) is 0.881. The highest BCUT2D eigenvalue weighted by atomic mass is 79.9. The molecule has 3 N–H and O–H groups in total. The van der Waals surface area contributed by atoms with Crippen LogP contribution in [0.5, 0.6) is 0 Å². The first-order chi connectivity index (χ1) is 6.97. The molecule has 0 aliphatic rings. The van der Waals surface area contributed by atoms with E-state index in [0.29, 0.717) is 9.50 Å². The fraction of sp³-hybridized carbons (Fsp3) is 0.250. The molecule has 0 radical (unpaired) electrons. The second-order valence-corrected chi connectivity index (χ2v) is 5.79. The molecule has 0 atom stereocenters. The molecule has 0 aromatic heterocycles. The molecule has 7 heteroatoms. The Balaban J connectivity index is 3.00. The van der Waals surface area contributed by atoms with Crippen LogP contribution < -0.4 is 10.5 Å². The number of rotatable bonds is 4. The van der Waals surface area contributed by atoms with E-state index in [2.05, 4.69) is 20.7 Å². The van der Waals surface area contributed by atoms with Gasteiger partial charge in [-0.1, -0.05) is 11.6 Å². The van der Waals surface area contributed by atoms with Gasteiger partial charge < -0.3 is 5.73 Å². The standard InChI is InChI=1S/C8H10BrClN2O2S/c9-7-2-1-6(5-8(7)10)15(13,14)12-4-3-11/h1-2,5,12H,3-4,11H2. The molecule has 1 rings (SSSR count). The summed E-state index contributed by atoms with van der Waals surface area (Å²) < 4.78 is 26.2. The van der Waals surface area contributed by atoms with E-state index in [1.807, 2.05) is 0 Å². The minimum Gasteiger partial charge on any atom is -0.329 e. The third kappa shape index (κ3) is 3.42. The molecule has 0 saturated carbocycles. The van der Waals surface area contributed by atoms with Crippen molar-refractivity contribution in [3.63, 3.8) is 0 Å². The van der Waals surface area contributed by atoms with Crippen molar-refractivity contribution in [2.75, 3.05) is 13.1 Å². The summed E-state index contributed by atoms with van der Waals surface area (Å²) in [5, 5.41) is 0.352. The van der Waals surface area contributed by atoms with Gasteiger partial charge >= 0.3 is 0 Å². The molecule has 15 heavy (non-hydrogen) atoms. The molecule has 0 unspecified atom stereocenters. The Morgan fingerprint density at radius 1 is 1.47 bits per heavy atom. The summed E-state index contributed by atoms with van der Waals surface area (Å²) in [6, 6.07) is 4.43. The molecule has 0 aliphatic heterocycles. The largest absolute Gasteiger partial charge is 0.329 e. The molecule has 1 aromatic rings. The summed E-state index contributed by atoms with van der Waals surface area (Å²) in [6.07, 6.45) is 0. The number of hydrogen-bond donors (Lipinski definition) is 2. The van der Waals surface area contributed by atoms with E-state index in [1.54, 1.807) is 6.07 Å². The van der Waals surface area contributed by atoms with Crippen molar-refractivity contribution < 1.29 is 8.42 Å². The molecular weight excluding hydrogens is 304 g/mol. The van der Waals surface area contributed by atoms with E-state index in [-0.39, 0.29) is 18.0 Å². The first kappa shape index (κ1) is 12.9. The third-order valence-electron chi connectivity index (χ3n) is 1.64. The van der Waals surface area contributed by atoms with Crippen LogP contribution in [0.25, 0.3) is 0 Å². The highest BCUT2D eigenvalue weighted by Crippen LogP contribution is 2.24. The minimum atomic E-state index is -3.50. The van der Waals surface area contributed by atoms with Crippen LogP contribution in [0.15, 0.2) is 27.6 Å². The SMILES string of the molecule is NCCNS(=O)(=O)c1ccc(Br)c(Cl)c1. The van der Waals surface area contributed by atoms with Gasteiger partial charge in [0, 0.05) is 17.6 Å². The summed E-state index contributed by atoms with van der Waals surface area (Å²) in [6.45, 7) is 0.458. The van der Waals surface area contributed by atoms with Gasteiger partial charge in [0.1, 0.15) is 0 Å². The molecule has 0 fully saturated rings.